The Kier molecular flexibility index (Phi) is 5.23. The lowest BCUT2D eigenvalue weighted by molar-refractivity contribution is -0.137. The molecule has 3 rings (SSSR count). The van der Waals surface area contributed by atoms with E-state index in [0.29, 0.717) is 0 Å². The predicted molar refractivity (Wildman–Crippen MR) is 95.9 cm³/mol. The van der Waals surface area contributed by atoms with Gasteiger partial charge in [-0.2, -0.15) is 18.3 Å². The molecule has 1 aromatic carbocycles. The summed E-state index contributed by atoms with van der Waals surface area (Å²) >= 11 is 6.27. The van der Waals surface area contributed by atoms with E-state index >= 15 is 0 Å². The number of nitrogen functional groups attached to an aromatic ring is 1. The van der Waals surface area contributed by atoms with E-state index in [9.17, 15) is 18.0 Å². The zero-order valence-electron chi connectivity index (χ0n) is 14.5. The van der Waals surface area contributed by atoms with Crippen LogP contribution in [0.1, 0.15) is 27.2 Å². The van der Waals surface area contributed by atoms with Crippen molar-refractivity contribution < 1.29 is 18.0 Å². The molecule has 0 bridgehead atoms. The number of halogens is 4. The zero-order valence-corrected chi connectivity index (χ0v) is 15.2. The van der Waals surface area contributed by atoms with Crippen LogP contribution in [0, 0.1) is 6.92 Å². The highest BCUT2D eigenvalue weighted by atomic mass is 35.5. The number of nitrogens with zero attached hydrogens (tertiary/aromatic N) is 4. The molecule has 7 nitrogen and oxygen atoms in total. The Morgan fingerprint density at radius 2 is 2.07 bits per heavy atom. The maximum absolute atomic E-state index is 13.6. The SMILES string of the molecule is Cc1cnn(-c2cc(N)c(C(F)(F)F)c(CNC(=O)c3cnccn3)c2Cl)c1. The fourth-order valence-electron chi connectivity index (χ4n) is 2.61. The first-order valence-electron chi connectivity index (χ1n) is 7.92. The largest absolute Gasteiger partial charge is 0.418 e. The van der Waals surface area contributed by atoms with Gasteiger partial charge in [0.1, 0.15) is 5.69 Å². The van der Waals surface area contributed by atoms with E-state index in [-0.39, 0.29) is 22.0 Å². The Labute approximate surface area is 162 Å². The van der Waals surface area contributed by atoms with Crippen LogP contribution in [0.2, 0.25) is 5.02 Å². The van der Waals surface area contributed by atoms with Crippen LogP contribution in [-0.2, 0) is 12.7 Å². The third kappa shape index (κ3) is 3.91. The Bertz CT molecular complexity index is 1020. The number of alkyl halides is 3. The summed E-state index contributed by atoms with van der Waals surface area (Å²) in [5, 5.41) is 6.20. The van der Waals surface area contributed by atoms with E-state index in [1.54, 1.807) is 13.1 Å². The van der Waals surface area contributed by atoms with E-state index in [0.717, 1.165) is 11.6 Å². The van der Waals surface area contributed by atoms with Crippen LogP contribution in [0.4, 0.5) is 18.9 Å². The first-order chi connectivity index (χ1) is 13.2. The molecule has 0 fully saturated rings. The van der Waals surface area contributed by atoms with Gasteiger partial charge in [-0.15, -0.1) is 0 Å². The molecule has 0 aliphatic rings. The smallest absolute Gasteiger partial charge is 0.398 e. The molecule has 0 unspecified atom stereocenters. The number of hydrogen-bond donors (Lipinski definition) is 2. The van der Waals surface area contributed by atoms with Gasteiger partial charge in [-0.1, -0.05) is 11.6 Å². The number of hydrogen-bond acceptors (Lipinski definition) is 5. The minimum absolute atomic E-state index is 0.0426. The summed E-state index contributed by atoms with van der Waals surface area (Å²) in [5.74, 6) is -0.698. The van der Waals surface area contributed by atoms with Gasteiger partial charge in [0.15, 0.2) is 0 Å². The van der Waals surface area contributed by atoms with E-state index < -0.39 is 29.9 Å². The molecule has 0 saturated carbocycles. The number of nitrogens with one attached hydrogen (secondary N) is 1. The summed E-state index contributed by atoms with van der Waals surface area (Å²) in [6.07, 6.45) is 2.21. The van der Waals surface area contributed by atoms with Crippen molar-refractivity contribution in [3.8, 4) is 5.69 Å². The molecule has 2 heterocycles. The molecular formula is C17H14ClF3N6O. The van der Waals surface area contributed by atoms with Crippen molar-refractivity contribution in [1.82, 2.24) is 25.1 Å². The molecule has 3 N–H and O–H groups in total. The Morgan fingerprint density at radius 3 is 2.64 bits per heavy atom. The molecule has 0 aliphatic heterocycles. The molecule has 0 atom stereocenters. The Hall–Kier alpha value is -3.14. The third-order valence-electron chi connectivity index (χ3n) is 3.84. The van der Waals surface area contributed by atoms with E-state index in [1.165, 1.54) is 29.5 Å². The standard InChI is InChI=1S/C17H14ClF3N6O/c1-9-5-26-27(8-9)13-4-11(22)14(17(19,20)21)10(15(13)18)6-25-16(28)12-7-23-2-3-24-12/h2-5,7-8H,6,22H2,1H3,(H,25,28). The average Bonchev–Trinajstić information content (AvgIpc) is 3.07. The minimum atomic E-state index is -4.76. The topological polar surface area (TPSA) is 98.7 Å². The summed E-state index contributed by atoms with van der Waals surface area (Å²) in [6.45, 7) is 1.26. The monoisotopic (exact) mass is 410 g/mol. The number of aryl methyl sites for hydroxylation is 1. The van der Waals surface area contributed by atoms with Crippen molar-refractivity contribution in [3.05, 3.63) is 64.5 Å². The van der Waals surface area contributed by atoms with Gasteiger partial charge in [-0.25, -0.2) is 9.67 Å². The molecule has 0 radical (unpaired) electrons. The average molecular weight is 411 g/mol. The number of carbonyl (C=O) groups excluding carboxylic acids is 1. The molecule has 146 valence electrons. The van der Waals surface area contributed by atoms with Gasteiger partial charge in [0, 0.05) is 36.4 Å². The number of amides is 1. The quantitative estimate of drug-likeness (QED) is 0.644. The third-order valence-corrected chi connectivity index (χ3v) is 4.26. The van der Waals surface area contributed by atoms with Gasteiger partial charge in [-0.3, -0.25) is 9.78 Å². The van der Waals surface area contributed by atoms with Crippen LogP contribution in [0.5, 0.6) is 0 Å². The normalized spacial score (nSPS) is 11.5. The summed E-state index contributed by atoms with van der Waals surface area (Å²) < 4.78 is 42.1. The molecule has 28 heavy (non-hydrogen) atoms. The van der Waals surface area contributed by atoms with Crippen LogP contribution in [-0.4, -0.2) is 25.7 Å². The number of benzene rings is 1. The Balaban J connectivity index is 2.04. The van der Waals surface area contributed by atoms with Crippen LogP contribution in [0.15, 0.2) is 37.1 Å². The molecule has 0 spiro atoms. The molecule has 1 amide bonds. The minimum Gasteiger partial charge on any atom is -0.398 e. The second-order valence-corrected chi connectivity index (χ2v) is 6.26. The number of anilines is 1. The number of aromatic nitrogens is 4. The van der Waals surface area contributed by atoms with Gasteiger partial charge in [-0.05, 0) is 18.6 Å². The first kappa shape index (κ1) is 19.6. The molecule has 0 aliphatic carbocycles. The zero-order chi connectivity index (χ0) is 20.5. The van der Waals surface area contributed by atoms with Gasteiger partial charge < -0.3 is 11.1 Å². The fraction of sp³-hybridized carbons (Fsp3) is 0.176. The van der Waals surface area contributed by atoms with Crippen LogP contribution in [0.3, 0.4) is 0 Å². The maximum atomic E-state index is 13.6. The summed E-state index contributed by atoms with van der Waals surface area (Å²) in [5.41, 5.74) is 4.60. The van der Waals surface area contributed by atoms with E-state index in [2.05, 4.69) is 20.4 Å². The van der Waals surface area contributed by atoms with Crippen molar-refractivity contribution >= 4 is 23.2 Å². The number of carbonyl (C=O) groups is 1. The number of rotatable bonds is 4. The highest BCUT2D eigenvalue weighted by molar-refractivity contribution is 6.33. The van der Waals surface area contributed by atoms with Crippen LogP contribution >= 0.6 is 11.6 Å². The summed E-state index contributed by atoms with van der Waals surface area (Å²) in [4.78, 5) is 19.7. The molecule has 11 heteroatoms. The lowest BCUT2D eigenvalue weighted by Crippen LogP contribution is -2.26. The number of nitrogens with two attached hydrogens (primary N) is 1. The predicted octanol–water partition coefficient (Wildman–Crippen LogP) is 3.16. The summed E-state index contributed by atoms with van der Waals surface area (Å²) in [6, 6.07) is 1.10. The van der Waals surface area contributed by atoms with Crippen molar-refractivity contribution in [3.63, 3.8) is 0 Å². The molecule has 2 aromatic heterocycles. The Morgan fingerprint density at radius 1 is 1.32 bits per heavy atom. The van der Waals surface area contributed by atoms with Gasteiger partial charge in [0.25, 0.3) is 5.91 Å². The van der Waals surface area contributed by atoms with Crippen LogP contribution in [0.25, 0.3) is 5.69 Å². The molecule has 3 aromatic rings. The second kappa shape index (κ2) is 7.47. The molecule has 0 saturated heterocycles. The second-order valence-electron chi connectivity index (χ2n) is 5.89. The van der Waals surface area contributed by atoms with Crippen molar-refractivity contribution in [1.29, 1.82) is 0 Å². The lowest BCUT2D eigenvalue weighted by atomic mass is 10.0. The van der Waals surface area contributed by atoms with E-state index in [4.69, 9.17) is 17.3 Å². The van der Waals surface area contributed by atoms with Crippen molar-refractivity contribution in [2.45, 2.75) is 19.6 Å². The first-order valence-corrected chi connectivity index (χ1v) is 8.30. The fourth-order valence-corrected chi connectivity index (χ4v) is 2.91. The van der Waals surface area contributed by atoms with Crippen molar-refractivity contribution in [2.24, 2.45) is 0 Å². The highest BCUT2D eigenvalue weighted by Gasteiger charge is 2.38. The summed E-state index contributed by atoms with van der Waals surface area (Å²) in [7, 11) is 0. The van der Waals surface area contributed by atoms with Gasteiger partial charge >= 0.3 is 6.18 Å². The lowest BCUT2D eigenvalue weighted by Gasteiger charge is -2.20. The maximum Gasteiger partial charge on any atom is 0.418 e. The van der Waals surface area contributed by atoms with Gasteiger partial charge in [0.05, 0.1) is 28.7 Å². The highest BCUT2D eigenvalue weighted by Crippen LogP contribution is 2.41. The van der Waals surface area contributed by atoms with Crippen molar-refractivity contribution in [2.75, 3.05) is 5.73 Å². The van der Waals surface area contributed by atoms with Crippen LogP contribution < -0.4 is 11.1 Å². The van der Waals surface area contributed by atoms with Gasteiger partial charge in [0.2, 0.25) is 0 Å². The van der Waals surface area contributed by atoms with E-state index in [1.807, 2.05) is 0 Å². The molecular weight excluding hydrogens is 397 g/mol.